The zero-order chi connectivity index (χ0) is 16.4. The van der Waals surface area contributed by atoms with Gasteiger partial charge >= 0.3 is 0 Å². The SMILES string of the molecule is CC(=O)N1CCCc2cc(C(O)CN3CCC(C)CC3)ccc21. The van der Waals surface area contributed by atoms with Crippen LogP contribution in [0.5, 0.6) is 0 Å². The van der Waals surface area contributed by atoms with E-state index in [4.69, 9.17) is 0 Å². The smallest absolute Gasteiger partial charge is 0.223 e. The van der Waals surface area contributed by atoms with E-state index in [1.807, 2.05) is 17.0 Å². The monoisotopic (exact) mass is 316 g/mol. The number of benzene rings is 1. The van der Waals surface area contributed by atoms with Crippen molar-refractivity contribution in [2.75, 3.05) is 31.1 Å². The molecule has 1 N–H and O–H groups in total. The molecule has 23 heavy (non-hydrogen) atoms. The van der Waals surface area contributed by atoms with Gasteiger partial charge < -0.3 is 14.9 Å². The first-order valence-corrected chi connectivity index (χ1v) is 8.86. The molecular weight excluding hydrogens is 288 g/mol. The standard InChI is InChI=1S/C19H28N2O2/c1-14-7-10-20(11-8-14)13-19(23)17-5-6-18-16(12-17)4-3-9-21(18)15(2)22/h5-6,12,14,19,23H,3-4,7-11,13H2,1-2H3. The average molecular weight is 316 g/mol. The van der Waals surface area contributed by atoms with Crippen molar-refractivity contribution in [3.63, 3.8) is 0 Å². The Kier molecular flexibility index (Phi) is 5.02. The van der Waals surface area contributed by atoms with Gasteiger partial charge in [-0.25, -0.2) is 0 Å². The molecule has 2 aliphatic rings. The Morgan fingerprint density at radius 2 is 2.04 bits per heavy atom. The molecule has 0 aliphatic carbocycles. The third-order valence-electron chi connectivity index (χ3n) is 5.29. The lowest BCUT2D eigenvalue weighted by Gasteiger charge is -2.32. The van der Waals surface area contributed by atoms with Gasteiger partial charge in [0.2, 0.25) is 5.91 Å². The van der Waals surface area contributed by atoms with Crippen molar-refractivity contribution in [2.24, 2.45) is 5.92 Å². The lowest BCUT2D eigenvalue weighted by Crippen LogP contribution is -2.36. The van der Waals surface area contributed by atoms with E-state index >= 15 is 0 Å². The van der Waals surface area contributed by atoms with E-state index in [-0.39, 0.29) is 5.91 Å². The van der Waals surface area contributed by atoms with Crippen molar-refractivity contribution < 1.29 is 9.90 Å². The Morgan fingerprint density at radius 1 is 1.30 bits per heavy atom. The minimum atomic E-state index is -0.443. The van der Waals surface area contributed by atoms with Gasteiger partial charge in [0.05, 0.1) is 6.10 Å². The fourth-order valence-corrected chi connectivity index (χ4v) is 3.75. The van der Waals surface area contributed by atoms with E-state index < -0.39 is 6.10 Å². The number of hydrogen-bond donors (Lipinski definition) is 1. The minimum absolute atomic E-state index is 0.0988. The molecule has 1 atom stereocenters. The number of aryl methyl sites for hydroxylation is 1. The molecule has 2 aliphatic heterocycles. The molecule has 3 rings (SSSR count). The van der Waals surface area contributed by atoms with E-state index in [2.05, 4.69) is 17.9 Å². The molecule has 0 spiro atoms. The van der Waals surface area contributed by atoms with E-state index in [0.717, 1.165) is 49.6 Å². The number of likely N-dealkylation sites (tertiary alicyclic amines) is 1. The topological polar surface area (TPSA) is 43.8 Å². The molecule has 1 amide bonds. The molecule has 2 heterocycles. The molecule has 1 aromatic carbocycles. The van der Waals surface area contributed by atoms with E-state index in [9.17, 15) is 9.90 Å². The number of anilines is 1. The van der Waals surface area contributed by atoms with E-state index in [1.165, 1.54) is 18.4 Å². The van der Waals surface area contributed by atoms with Gasteiger partial charge in [0.15, 0.2) is 0 Å². The number of amides is 1. The Labute approximate surface area is 139 Å². The molecule has 1 aromatic rings. The summed E-state index contributed by atoms with van der Waals surface area (Å²) in [6.07, 6.45) is 3.99. The van der Waals surface area contributed by atoms with Gasteiger partial charge in [-0.1, -0.05) is 19.1 Å². The van der Waals surface area contributed by atoms with E-state index in [0.29, 0.717) is 6.54 Å². The van der Waals surface area contributed by atoms with Gasteiger partial charge in [-0.05, 0) is 61.9 Å². The van der Waals surface area contributed by atoms with Crippen LogP contribution < -0.4 is 4.90 Å². The minimum Gasteiger partial charge on any atom is -0.387 e. The first-order valence-electron chi connectivity index (χ1n) is 8.86. The maximum Gasteiger partial charge on any atom is 0.223 e. The van der Waals surface area contributed by atoms with Crippen molar-refractivity contribution >= 4 is 11.6 Å². The zero-order valence-corrected chi connectivity index (χ0v) is 14.3. The molecular formula is C19H28N2O2. The second kappa shape index (κ2) is 7.02. The van der Waals surface area contributed by atoms with Gasteiger partial charge in [0.1, 0.15) is 0 Å². The first-order chi connectivity index (χ1) is 11.0. The number of aliphatic hydroxyl groups excluding tert-OH is 1. The van der Waals surface area contributed by atoms with Gasteiger partial charge in [-0.15, -0.1) is 0 Å². The number of nitrogens with zero attached hydrogens (tertiary/aromatic N) is 2. The highest BCUT2D eigenvalue weighted by molar-refractivity contribution is 5.92. The highest BCUT2D eigenvalue weighted by Crippen LogP contribution is 2.30. The number of β-amino-alcohol motifs (C(OH)–C–C–N with tert-alkyl or cyclic N) is 1. The third kappa shape index (κ3) is 3.75. The molecule has 4 heteroatoms. The summed E-state index contributed by atoms with van der Waals surface area (Å²) in [6.45, 7) is 7.61. The average Bonchev–Trinajstić information content (AvgIpc) is 2.55. The van der Waals surface area contributed by atoms with Crippen molar-refractivity contribution in [1.29, 1.82) is 0 Å². The number of hydrogen-bond acceptors (Lipinski definition) is 3. The second-order valence-corrected chi connectivity index (χ2v) is 7.16. The molecule has 0 saturated carbocycles. The van der Waals surface area contributed by atoms with Crippen LogP contribution in [0, 0.1) is 5.92 Å². The summed E-state index contributed by atoms with van der Waals surface area (Å²) in [4.78, 5) is 16.0. The molecule has 126 valence electrons. The third-order valence-corrected chi connectivity index (χ3v) is 5.29. The Morgan fingerprint density at radius 3 is 2.74 bits per heavy atom. The summed E-state index contributed by atoms with van der Waals surface area (Å²) in [7, 11) is 0. The lowest BCUT2D eigenvalue weighted by molar-refractivity contribution is -0.116. The van der Waals surface area contributed by atoms with Crippen LogP contribution in [0.2, 0.25) is 0 Å². The number of aliphatic hydroxyl groups is 1. The lowest BCUT2D eigenvalue weighted by atomic mass is 9.96. The molecule has 1 fully saturated rings. The van der Waals surface area contributed by atoms with Crippen LogP contribution in [-0.4, -0.2) is 42.1 Å². The van der Waals surface area contributed by atoms with Crippen LogP contribution in [-0.2, 0) is 11.2 Å². The maximum absolute atomic E-state index is 11.7. The van der Waals surface area contributed by atoms with Crippen molar-refractivity contribution in [2.45, 2.75) is 45.6 Å². The maximum atomic E-state index is 11.7. The first kappa shape index (κ1) is 16.5. The van der Waals surface area contributed by atoms with Crippen LogP contribution in [0.1, 0.15) is 50.3 Å². The largest absolute Gasteiger partial charge is 0.387 e. The molecule has 4 nitrogen and oxygen atoms in total. The van der Waals surface area contributed by atoms with Gasteiger partial charge in [0.25, 0.3) is 0 Å². The highest BCUT2D eigenvalue weighted by atomic mass is 16.3. The molecule has 1 saturated heterocycles. The van der Waals surface area contributed by atoms with Crippen molar-refractivity contribution in [3.05, 3.63) is 29.3 Å². The number of rotatable bonds is 3. The summed E-state index contributed by atoms with van der Waals surface area (Å²) in [5.74, 6) is 0.909. The van der Waals surface area contributed by atoms with E-state index in [1.54, 1.807) is 6.92 Å². The zero-order valence-electron chi connectivity index (χ0n) is 14.3. The normalized spacial score (nSPS) is 21.1. The Bertz CT molecular complexity index is 564. The number of piperidine rings is 1. The summed E-state index contributed by atoms with van der Waals surface area (Å²) in [5, 5.41) is 10.6. The van der Waals surface area contributed by atoms with Crippen LogP contribution in [0.3, 0.4) is 0 Å². The van der Waals surface area contributed by atoms with Crippen LogP contribution in [0.15, 0.2) is 18.2 Å². The fraction of sp³-hybridized carbons (Fsp3) is 0.632. The molecule has 0 aromatic heterocycles. The van der Waals surface area contributed by atoms with Gasteiger partial charge in [-0.2, -0.15) is 0 Å². The Balaban J connectivity index is 1.70. The number of carbonyl (C=O) groups excluding carboxylic acids is 1. The van der Waals surface area contributed by atoms with Crippen LogP contribution >= 0.6 is 0 Å². The Hall–Kier alpha value is -1.39. The summed E-state index contributed by atoms with van der Waals surface area (Å²) in [5.41, 5.74) is 3.19. The second-order valence-electron chi connectivity index (χ2n) is 7.16. The summed E-state index contributed by atoms with van der Waals surface area (Å²) >= 11 is 0. The predicted octanol–water partition coefficient (Wildman–Crippen LogP) is 2.75. The van der Waals surface area contributed by atoms with Crippen molar-refractivity contribution in [1.82, 2.24) is 4.90 Å². The fourth-order valence-electron chi connectivity index (χ4n) is 3.75. The molecule has 0 bridgehead atoms. The number of fused-ring (bicyclic) bond motifs is 1. The van der Waals surface area contributed by atoms with Crippen LogP contribution in [0.25, 0.3) is 0 Å². The summed E-state index contributed by atoms with van der Waals surface area (Å²) < 4.78 is 0. The quantitative estimate of drug-likeness (QED) is 0.932. The number of carbonyl (C=O) groups is 1. The van der Waals surface area contributed by atoms with Crippen LogP contribution in [0.4, 0.5) is 5.69 Å². The van der Waals surface area contributed by atoms with Crippen molar-refractivity contribution in [3.8, 4) is 0 Å². The van der Waals surface area contributed by atoms with Gasteiger partial charge in [0, 0.05) is 25.7 Å². The molecule has 0 radical (unpaired) electrons. The molecule has 1 unspecified atom stereocenters. The highest BCUT2D eigenvalue weighted by Gasteiger charge is 2.23. The predicted molar refractivity (Wildman–Crippen MR) is 92.6 cm³/mol. The summed E-state index contributed by atoms with van der Waals surface area (Å²) in [6, 6.07) is 6.09. The van der Waals surface area contributed by atoms with Gasteiger partial charge in [-0.3, -0.25) is 4.79 Å².